The van der Waals surface area contributed by atoms with Crippen LogP contribution in [0.4, 0.5) is 0 Å². The monoisotopic (exact) mass is 1100 g/mol. The Morgan fingerprint density at radius 3 is 0.732 bits per heavy atom. The van der Waals surface area contributed by atoms with E-state index in [1.165, 1.54) is 33.4 Å². The van der Waals surface area contributed by atoms with Gasteiger partial charge >= 0.3 is 0 Å². The molecule has 8 aromatic carbocycles. The zero-order valence-corrected chi connectivity index (χ0v) is 53.4. The van der Waals surface area contributed by atoms with Crippen LogP contribution in [-0.2, 0) is 10.8 Å². The van der Waals surface area contributed by atoms with Crippen molar-refractivity contribution in [2.75, 3.05) is 14.2 Å². The molecule has 8 nitrogen and oxygen atoms in total. The molecule has 0 saturated carbocycles. The van der Waals surface area contributed by atoms with Crippen molar-refractivity contribution < 1.29 is 38.6 Å². The van der Waals surface area contributed by atoms with Crippen LogP contribution in [0.25, 0.3) is 0 Å². The Bertz CT molecular complexity index is 3640. The van der Waals surface area contributed by atoms with Crippen LogP contribution in [0.5, 0.6) is 69.0 Å². The number of rotatable bonds is 14. The molecule has 0 aromatic heterocycles. The summed E-state index contributed by atoms with van der Waals surface area (Å²) in [4.78, 5) is 0. The molecule has 0 aliphatic rings. The van der Waals surface area contributed by atoms with Gasteiger partial charge in [0.25, 0.3) is 0 Å². The molecule has 0 amide bonds. The molecule has 82 heavy (non-hydrogen) atoms. The smallest absolute Gasteiger partial charge is 0.133 e. The average Bonchev–Trinajstić information content (AvgIpc) is 3.60. The van der Waals surface area contributed by atoms with E-state index in [9.17, 15) is 10.2 Å². The number of hydrogen-bond acceptors (Lipinski definition) is 8. The number of methoxy groups -OCH3 is 2. The van der Waals surface area contributed by atoms with E-state index in [0.29, 0.717) is 11.5 Å². The molecule has 8 rings (SSSR count). The van der Waals surface area contributed by atoms with E-state index >= 15 is 0 Å². The summed E-state index contributed by atoms with van der Waals surface area (Å²) in [5, 5.41) is 20.4. The van der Waals surface area contributed by atoms with Crippen LogP contribution in [0.15, 0.2) is 84.9 Å². The van der Waals surface area contributed by atoms with Gasteiger partial charge in [-0.15, -0.1) is 0 Å². The molecule has 0 aliphatic carbocycles. The molecule has 8 aromatic rings. The molecule has 0 heterocycles. The van der Waals surface area contributed by atoms with Gasteiger partial charge < -0.3 is 38.6 Å². The molecular formula is C74H88O8. The Morgan fingerprint density at radius 2 is 0.476 bits per heavy atom. The Labute approximate surface area is 490 Å². The molecule has 0 radical (unpaired) electrons. The Balaban J connectivity index is 0.000000236. The van der Waals surface area contributed by atoms with E-state index < -0.39 is 0 Å². The van der Waals surface area contributed by atoms with Crippen LogP contribution in [0.1, 0.15) is 150 Å². The van der Waals surface area contributed by atoms with Gasteiger partial charge in [-0.1, -0.05) is 64.1 Å². The van der Waals surface area contributed by atoms with E-state index in [2.05, 4.69) is 133 Å². The largest absolute Gasteiger partial charge is 0.507 e. The lowest BCUT2D eigenvalue weighted by Crippen LogP contribution is -2.23. The molecule has 0 atom stereocenters. The lowest BCUT2D eigenvalue weighted by atomic mass is 9.72. The highest BCUT2D eigenvalue weighted by Crippen LogP contribution is 2.46. The van der Waals surface area contributed by atoms with Crippen LogP contribution in [0, 0.1) is 125 Å². The number of phenols is 2. The zero-order chi connectivity index (χ0) is 60.8. The summed E-state index contributed by atoms with van der Waals surface area (Å²) in [5.74, 6) is 9.04. The van der Waals surface area contributed by atoms with E-state index in [1.807, 2.05) is 104 Å². The molecule has 0 saturated heterocycles. The van der Waals surface area contributed by atoms with Crippen molar-refractivity contribution in [3.8, 4) is 69.0 Å². The first kappa shape index (κ1) is 61.8. The second-order valence-corrected chi connectivity index (χ2v) is 24.2. The van der Waals surface area contributed by atoms with Gasteiger partial charge in [0.1, 0.15) is 69.0 Å². The molecule has 0 bridgehead atoms. The number of hydrogen-bond donors (Lipinski definition) is 2. The fraction of sp³-hybridized carbons (Fsp3) is 0.351. The molecule has 0 unspecified atom stereocenters. The minimum atomic E-state index is -0.255. The molecule has 0 fully saturated rings. The summed E-state index contributed by atoms with van der Waals surface area (Å²) in [6.45, 7) is 46.2. The van der Waals surface area contributed by atoms with Crippen molar-refractivity contribution in [2.24, 2.45) is 0 Å². The first-order chi connectivity index (χ1) is 38.3. The number of phenolic OH excluding ortho intramolecular Hbond substituents is 2. The second kappa shape index (κ2) is 23.9. The predicted octanol–water partition coefficient (Wildman–Crippen LogP) is 20.2. The van der Waals surface area contributed by atoms with E-state index in [0.717, 1.165) is 147 Å². The van der Waals surface area contributed by atoms with Crippen LogP contribution >= 0.6 is 0 Å². The number of benzene rings is 8. The van der Waals surface area contributed by atoms with Crippen molar-refractivity contribution in [2.45, 2.75) is 163 Å². The fourth-order valence-electron chi connectivity index (χ4n) is 12.0. The number of ether oxygens (including phenoxy) is 6. The molecule has 2 N–H and O–H groups in total. The second-order valence-electron chi connectivity index (χ2n) is 24.2. The maximum atomic E-state index is 10.2. The van der Waals surface area contributed by atoms with Gasteiger partial charge in [0.05, 0.1) is 14.2 Å². The highest BCUT2D eigenvalue weighted by molar-refractivity contribution is 5.61. The van der Waals surface area contributed by atoms with Crippen molar-refractivity contribution in [1.29, 1.82) is 0 Å². The minimum absolute atomic E-state index is 0.235. The van der Waals surface area contributed by atoms with Gasteiger partial charge in [0.15, 0.2) is 0 Å². The summed E-state index contributed by atoms with van der Waals surface area (Å²) in [6, 6.07) is 29.2. The van der Waals surface area contributed by atoms with E-state index in [-0.39, 0.29) is 10.8 Å². The first-order valence-electron chi connectivity index (χ1n) is 28.4. The maximum absolute atomic E-state index is 10.2. The number of aryl methyl sites for hydroxylation is 14. The van der Waals surface area contributed by atoms with Crippen molar-refractivity contribution in [1.82, 2.24) is 0 Å². The zero-order valence-electron chi connectivity index (χ0n) is 53.4. The third-order valence-electron chi connectivity index (χ3n) is 16.8. The number of aromatic hydroxyl groups is 2. The Morgan fingerprint density at radius 1 is 0.256 bits per heavy atom. The highest BCUT2D eigenvalue weighted by atomic mass is 16.5. The lowest BCUT2D eigenvalue weighted by Gasteiger charge is -2.33. The standard InChI is InChI=1S/C38H46O4.C36H42O4/c1-20-14-30(15-21(2)34(20)39)41-36-24(5)18-32(26(7)28(36)9)38(11,12)33-19-25(6)37(29(10)27(33)8)42-31-16-22(3)35(40-13)23(4)17-31;1-20-16-30(17-21(2)32(20)37)39-34-22(3)12-28(13-23(34)4)36(9,10)29-14-24(5)35(25(6)15-29)40-31-18-26(7)33(38-11)27(8)19-31/h14-19,39H,1-13H3;12-19,37H,1-11H3. The van der Waals surface area contributed by atoms with E-state index in [1.54, 1.807) is 14.2 Å². The van der Waals surface area contributed by atoms with Gasteiger partial charge in [0.2, 0.25) is 0 Å². The predicted molar refractivity (Wildman–Crippen MR) is 338 cm³/mol. The van der Waals surface area contributed by atoms with Gasteiger partial charge in [-0.3, -0.25) is 0 Å². The molecule has 8 heteroatoms. The Kier molecular flexibility index (Phi) is 18.0. The van der Waals surface area contributed by atoms with Crippen molar-refractivity contribution in [3.63, 3.8) is 0 Å². The third kappa shape index (κ3) is 12.3. The normalized spacial score (nSPS) is 11.5. The summed E-state index contributed by atoms with van der Waals surface area (Å²) >= 11 is 0. The summed E-state index contributed by atoms with van der Waals surface area (Å²) in [5.41, 5.74) is 23.2. The highest BCUT2D eigenvalue weighted by Gasteiger charge is 2.32. The molecule has 0 aliphatic heterocycles. The summed E-state index contributed by atoms with van der Waals surface area (Å²) < 4.78 is 36.8. The van der Waals surface area contributed by atoms with Crippen LogP contribution in [0.2, 0.25) is 0 Å². The van der Waals surface area contributed by atoms with Crippen LogP contribution in [0.3, 0.4) is 0 Å². The van der Waals surface area contributed by atoms with Gasteiger partial charge in [0, 0.05) is 10.8 Å². The van der Waals surface area contributed by atoms with Gasteiger partial charge in [-0.2, -0.15) is 0 Å². The Hall–Kier alpha value is -7.84. The quantitative estimate of drug-likeness (QED) is 0.111. The first-order valence-corrected chi connectivity index (χ1v) is 28.4. The molecule has 432 valence electrons. The fourth-order valence-corrected chi connectivity index (χ4v) is 12.0. The van der Waals surface area contributed by atoms with Crippen LogP contribution < -0.4 is 28.4 Å². The van der Waals surface area contributed by atoms with Gasteiger partial charge in [-0.05, 0) is 296 Å². The maximum Gasteiger partial charge on any atom is 0.133 e. The lowest BCUT2D eigenvalue weighted by molar-refractivity contribution is 0.406. The van der Waals surface area contributed by atoms with Crippen molar-refractivity contribution >= 4 is 0 Å². The third-order valence-corrected chi connectivity index (χ3v) is 16.8. The topological polar surface area (TPSA) is 95.8 Å². The molecular weight excluding hydrogens is 1020 g/mol. The van der Waals surface area contributed by atoms with Gasteiger partial charge in [-0.25, -0.2) is 0 Å². The molecule has 0 spiro atoms. The van der Waals surface area contributed by atoms with Crippen LogP contribution in [-0.4, -0.2) is 24.4 Å². The van der Waals surface area contributed by atoms with E-state index in [4.69, 9.17) is 28.4 Å². The minimum Gasteiger partial charge on any atom is -0.507 e. The van der Waals surface area contributed by atoms with Crippen molar-refractivity contribution in [3.05, 3.63) is 207 Å². The summed E-state index contributed by atoms with van der Waals surface area (Å²) in [7, 11) is 3.41. The summed E-state index contributed by atoms with van der Waals surface area (Å²) in [6.07, 6.45) is 0. The SMILES string of the molecule is COc1c(C)cc(Oc2c(C)cc(C(C)(C)c3cc(C)c(Oc4cc(C)c(O)c(C)c4)c(C)c3)cc2C)cc1C.COc1c(C)cc(Oc2c(C)cc(C(C)(C)c3cc(C)c(Oc4cc(C)c(O)c(C)c4)c(C)c3C)c(C)c2C)cc1C. The average molecular weight is 1110 g/mol.